The third-order valence-electron chi connectivity index (χ3n) is 8.19. The van der Waals surface area contributed by atoms with Gasteiger partial charge in [0.15, 0.2) is 11.5 Å². The molecule has 2 aliphatic heterocycles. The molecular formula is C34H37F3N4O9. The van der Waals surface area contributed by atoms with E-state index < -0.39 is 36.1 Å². The number of phenols is 1. The number of carboxylic acid groups (broad SMARTS) is 1. The number of halogens is 3. The molecule has 50 heavy (non-hydrogen) atoms. The third-order valence-corrected chi connectivity index (χ3v) is 8.19. The van der Waals surface area contributed by atoms with Crippen LogP contribution in [0.2, 0.25) is 0 Å². The van der Waals surface area contributed by atoms with E-state index in [2.05, 4.69) is 12.4 Å². The highest BCUT2D eigenvalue weighted by Gasteiger charge is 2.44. The van der Waals surface area contributed by atoms with E-state index in [1.54, 1.807) is 48.2 Å². The van der Waals surface area contributed by atoms with Gasteiger partial charge >= 0.3 is 18.2 Å². The van der Waals surface area contributed by atoms with Crippen molar-refractivity contribution in [3.8, 4) is 17.2 Å². The maximum atomic E-state index is 13.9. The summed E-state index contributed by atoms with van der Waals surface area (Å²) in [5.74, 6) is -2.53. The molecule has 0 radical (unpaired) electrons. The monoisotopic (exact) mass is 702 g/mol. The average molecular weight is 703 g/mol. The summed E-state index contributed by atoms with van der Waals surface area (Å²) < 4.78 is 48.2. The van der Waals surface area contributed by atoms with Crippen molar-refractivity contribution in [2.75, 3.05) is 38.9 Å². The molecule has 3 aromatic rings. The number of primary amides is 1. The van der Waals surface area contributed by atoms with Gasteiger partial charge in [-0.2, -0.15) is 13.2 Å². The van der Waals surface area contributed by atoms with Crippen LogP contribution in [-0.4, -0.2) is 90.2 Å². The Labute approximate surface area is 285 Å². The predicted molar refractivity (Wildman–Crippen MR) is 170 cm³/mol. The molecule has 0 aromatic heterocycles. The minimum Gasteiger partial charge on any atom is -0.542 e. The molecule has 2 heterocycles. The molecule has 0 bridgehead atoms. The number of carbonyl (C=O) groups is 4. The number of fused-ring (bicyclic) bond motifs is 1. The fourth-order valence-corrected chi connectivity index (χ4v) is 5.85. The zero-order valence-electron chi connectivity index (χ0n) is 27.3. The Morgan fingerprint density at radius 1 is 1.04 bits per heavy atom. The second-order valence-corrected chi connectivity index (χ2v) is 12.0. The second-order valence-electron chi connectivity index (χ2n) is 12.0. The molecular weight excluding hydrogens is 665 g/mol. The van der Waals surface area contributed by atoms with Gasteiger partial charge in [-0.15, -0.1) is 0 Å². The van der Waals surface area contributed by atoms with E-state index in [4.69, 9.17) is 29.8 Å². The first kappa shape index (κ1) is 37.3. The van der Waals surface area contributed by atoms with Crippen LogP contribution >= 0.6 is 0 Å². The first-order valence-corrected chi connectivity index (χ1v) is 15.5. The number of quaternary nitrogens is 1. The first-order chi connectivity index (χ1) is 23.6. The molecule has 2 aliphatic rings. The number of alkyl halides is 3. The summed E-state index contributed by atoms with van der Waals surface area (Å²) in [6, 6.07) is 17.1. The predicted octanol–water partition coefficient (Wildman–Crippen LogP) is 2.95. The highest BCUT2D eigenvalue weighted by atomic mass is 19.4. The molecule has 4 N–H and O–H groups in total. The number of nitrogens with two attached hydrogens (primary N) is 1. The van der Waals surface area contributed by atoms with Crippen molar-refractivity contribution in [1.29, 1.82) is 0 Å². The molecule has 16 heteroatoms. The van der Waals surface area contributed by atoms with Crippen molar-refractivity contribution >= 4 is 29.6 Å². The summed E-state index contributed by atoms with van der Waals surface area (Å²) >= 11 is 0. The Balaban J connectivity index is 0.000000727. The van der Waals surface area contributed by atoms with Gasteiger partial charge in [-0.05, 0) is 67.1 Å². The van der Waals surface area contributed by atoms with Crippen LogP contribution in [0, 0.1) is 0 Å². The number of anilines is 1. The standard InChI is InChI=1S/C32H36N4O7.C2HF3O2/c1-3-41-31(39)23-7-9-24(10-8-23)34-32(40)35(27(30(33)38)16-21-4-11-26(37)12-5-21)25-14-15-36(2,19-25)18-22-6-13-28-29(17-22)43-20-42-28;3-2(4,5)1(6)7/h4-13,17,25,27H,3,14-16,18-20H2,1-2H3,(H3-,33,34,37,38,39,40);(H,6,7)/t25-,27+,36?;/m1./s1. The number of benzene rings is 3. The number of hydrogen-bond acceptors (Lipinski definition) is 9. The summed E-state index contributed by atoms with van der Waals surface area (Å²) in [5.41, 5.74) is 8.62. The van der Waals surface area contributed by atoms with Crippen molar-refractivity contribution in [2.24, 2.45) is 5.73 Å². The van der Waals surface area contributed by atoms with E-state index in [0.717, 1.165) is 29.2 Å². The number of rotatable bonds is 10. The number of hydrogen-bond donors (Lipinski definition) is 3. The number of likely N-dealkylation sites (tertiary alicyclic amines) is 1. The number of aliphatic carboxylic acids is 1. The lowest BCUT2D eigenvalue weighted by Crippen LogP contribution is -2.56. The van der Waals surface area contributed by atoms with Crippen LogP contribution in [0.4, 0.5) is 23.7 Å². The number of aromatic hydroxyl groups is 1. The van der Waals surface area contributed by atoms with Gasteiger partial charge in [0, 0.05) is 24.1 Å². The van der Waals surface area contributed by atoms with Crippen molar-refractivity contribution in [1.82, 2.24) is 4.90 Å². The van der Waals surface area contributed by atoms with Crippen LogP contribution in [-0.2, 0) is 27.3 Å². The van der Waals surface area contributed by atoms with Crippen LogP contribution in [0.5, 0.6) is 17.2 Å². The van der Waals surface area contributed by atoms with E-state index >= 15 is 0 Å². The highest BCUT2D eigenvalue weighted by Crippen LogP contribution is 2.35. The highest BCUT2D eigenvalue weighted by molar-refractivity contribution is 5.95. The largest absolute Gasteiger partial charge is 0.542 e. The molecule has 1 fully saturated rings. The molecule has 268 valence electrons. The van der Waals surface area contributed by atoms with E-state index in [0.29, 0.717) is 35.2 Å². The van der Waals surface area contributed by atoms with Crippen molar-refractivity contribution in [2.45, 2.75) is 44.6 Å². The summed E-state index contributed by atoms with van der Waals surface area (Å²) in [5, 5.41) is 21.4. The Bertz CT molecular complexity index is 1690. The molecule has 3 amide bonds. The number of nitrogens with zero attached hydrogens (tertiary/aromatic N) is 2. The van der Waals surface area contributed by atoms with E-state index in [1.807, 2.05) is 18.2 Å². The molecule has 1 unspecified atom stereocenters. The molecule has 5 rings (SSSR count). The summed E-state index contributed by atoms with van der Waals surface area (Å²) in [4.78, 5) is 49.3. The zero-order chi connectivity index (χ0) is 36.6. The lowest BCUT2D eigenvalue weighted by molar-refractivity contribution is -0.911. The summed E-state index contributed by atoms with van der Waals surface area (Å²) in [6.45, 7) is 4.28. The van der Waals surface area contributed by atoms with E-state index in [-0.39, 0.29) is 31.6 Å². The van der Waals surface area contributed by atoms with Gasteiger partial charge in [0.05, 0.1) is 38.3 Å². The normalized spacial score (nSPS) is 18.3. The number of carbonyl (C=O) groups excluding carboxylic acids is 4. The number of phenolic OH excluding ortho intramolecular Hbond substituents is 1. The van der Waals surface area contributed by atoms with Gasteiger partial charge in [0.2, 0.25) is 12.7 Å². The lowest BCUT2D eigenvalue weighted by Gasteiger charge is -2.36. The number of urea groups is 1. The van der Waals surface area contributed by atoms with Gasteiger partial charge in [0.1, 0.15) is 24.3 Å². The SMILES string of the molecule is CCOC(=O)c1ccc(NC(=O)N([C@@H]2CC[N+](C)(Cc3ccc4c(c3)OCO4)C2)[C@@H](Cc2ccc(O)cc2)C(N)=O)cc1.O=C([O-])C(F)(F)F. The van der Waals surface area contributed by atoms with Crippen LogP contribution in [0.25, 0.3) is 0 Å². The van der Waals surface area contributed by atoms with Crippen LogP contribution in [0.3, 0.4) is 0 Å². The zero-order valence-corrected chi connectivity index (χ0v) is 27.3. The fraction of sp³-hybridized carbons (Fsp3) is 0.353. The molecule has 0 spiro atoms. The Hall–Kier alpha value is -5.51. The van der Waals surface area contributed by atoms with Crippen LogP contribution < -0.4 is 25.6 Å². The number of esters is 1. The summed E-state index contributed by atoms with van der Waals surface area (Å²) in [7, 11) is 2.13. The van der Waals surface area contributed by atoms with Crippen LogP contribution in [0.1, 0.15) is 34.8 Å². The minimum atomic E-state index is -5.19. The number of likely N-dealkylation sites (N-methyl/N-ethyl adjacent to an activating group) is 1. The lowest BCUT2D eigenvalue weighted by atomic mass is 10.0. The maximum absolute atomic E-state index is 13.9. The first-order valence-electron chi connectivity index (χ1n) is 15.5. The fourth-order valence-electron chi connectivity index (χ4n) is 5.85. The Morgan fingerprint density at radius 2 is 1.66 bits per heavy atom. The Kier molecular flexibility index (Phi) is 11.8. The number of nitrogens with one attached hydrogen (secondary N) is 1. The van der Waals surface area contributed by atoms with Gasteiger partial charge in [-0.25, -0.2) is 9.59 Å². The molecule has 3 atom stereocenters. The molecule has 13 nitrogen and oxygen atoms in total. The molecule has 1 saturated heterocycles. The van der Waals surface area contributed by atoms with E-state index in [9.17, 15) is 32.7 Å². The van der Waals surface area contributed by atoms with Gasteiger partial charge in [-0.1, -0.05) is 12.1 Å². The van der Waals surface area contributed by atoms with Crippen molar-refractivity contribution in [3.63, 3.8) is 0 Å². The Morgan fingerprint density at radius 3 is 2.26 bits per heavy atom. The third kappa shape index (κ3) is 9.78. The van der Waals surface area contributed by atoms with Gasteiger partial charge < -0.3 is 49.7 Å². The van der Waals surface area contributed by atoms with E-state index in [1.165, 1.54) is 12.1 Å². The molecule has 0 aliphatic carbocycles. The average Bonchev–Trinajstić information content (AvgIpc) is 3.68. The van der Waals surface area contributed by atoms with Crippen molar-refractivity contribution in [3.05, 3.63) is 83.4 Å². The second kappa shape index (κ2) is 15.8. The number of carboxylic acids is 1. The quantitative estimate of drug-likeness (QED) is 0.212. The molecule has 3 aromatic carbocycles. The smallest absolute Gasteiger partial charge is 0.430 e. The molecule has 0 saturated carbocycles. The van der Waals surface area contributed by atoms with Crippen LogP contribution in [0.15, 0.2) is 66.7 Å². The summed E-state index contributed by atoms with van der Waals surface area (Å²) in [6.07, 6.45) is -4.34. The minimum absolute atomic E-state index is 0.104. The maximum Gasteiger partial charge on any atom is 0.430 e. The number of amides is 3. The van der Waals surface area contributed by atoms with Gasteiger partial charge in [0.25, 0.3) is 0 Å². The van der Waals surface area contributed by atoms with Crippen molar-refractivity contribution < 1.29 is 61.3 Å². The van der Waals surface area contributed by atoms with Gasteiger partial charge in [-0.3, -0.25) is 4.79 Å². The topological polar surface area (TPSA) is 181 Å². The number of ether oxygens (including phenoxy) is 3.